The highest BCUT2D eigenvalue weighted by molar-refractivity contribution is 5.81. The predicted molar refractivity (Wildman–Crippen MR) is 90.1 cm³/mol. The summed E-state index contributed by atoms with van der Waals surface area (Å²) in [6.45, 7) is 2.69. The Hall–Kier alpha value is -3.28. The molecule has 0 amide bonds. The lowest BCUT2D eigenvalue weighted by molar-refractivity contribution is 0.286. The number of unbranched alkanes of at least 4 members (excludes halogenated alkanes) is 1. The summed E-state index contributed by atoms with van der Waals surface area (Å²) in [5.41, 5.74) is 6.24. The van der Waals surface area contributed by atoms with Gasteiger partial charge in [-0.15, -0.1) is 0 Å². The van der Waals surface area contributed by atoms with Crippen molar-refractivity contribution in [1.82, 2.24) is 19.5 Å². The Morgan fingerprint density at radius 1 is 1.40 bits per heavy atom. The van der Waals surface area contributed by atoms with E-state index in [0.29, 0.717) is 29.3 Å². The van der Waals surface area contributed by atoms with E-state index in [0.717, 1.165) is 12.8 Å². The highest BCUT2D eigenvalue weighted by Gasteiger charge is 2.16. The summed E-state index contributed by atoms with van der Waals surface area (Å²) in [5.74, 6) is 1.24. The fraction of sp³-hybridized carbons (Fsp3) is 0.375. The Kier molecular flexibility index (Phi) is 4.70. The van der Waals surface area contributed by atoms with Crippen molar-refractivity contribution in [2.24, 2.45) is 0 Å². The second-order valence-corrected chi connectivity index (χ2v) is 5.51. The number of fused-ring (bicyclic) bond motifs is 1. The summed E-state index contributed by atoms with van der Waals surface area (Å²) in [4.78, 5) is 23.3. The summed E-state index contributed by atoms with van der Waals surface area (Å²) >= 11 is 0. The van der Waals surface area contributed by atoms with Crippen molar-refractivity contribution in [1.29, 1.82) is 5.26 Å². The minimum Gasteiger partial charge on any atom is -0.463 e. The molecule has 0 aliphatic heterocycles. The molecule has 0 saturated heterocycles. The quantitative estimate of drug-likeness (QED) is 0.622. The molecule has 0 atom stereocenters. The number of ether oxygens (including phenoxy) is 1. The highest BCUT2D eigenvalue weighted by Crippen LogP contribution is 2.19. The number of rotatable bonds is 7. The Balaban J connectivity index is 1.94. The molecule has 0 spiro atoms. The van der Waals surface area contributed by atoms with Crippen LogP contribution in [0.4, 0.5) is 5.82 Å². The Labute approximate surface area is 143 Å². The van der Waals surface area contributed by atoms with Crippen LogP contribution in [0.25, 0.3) is 11.2 Å². The molecule has 0 aliphatic rings. The number of nitrogens with zero attached hydrogens (tertiary/aromatic N) is 4. The van der Waals surface area contributed by atoms with Gasteiger partial charge in [-0.25, -0.2) is 4.79 Å². The maximum absolute atomic E-state index is 12.2. The molecule has 0 fully saturated rings. The van der Waals surface area contributed by atoms with E-state index in [1.54, 1.807) is 12.1 Å². The maximum Gasteiger partial charge on any atom is 0.328 e. The van der Waals surface area contributed by atoms with Gasteiger partial charge in [0.25, 0.3) is 0 Å². The number of anilines is 1. The lowest BCUT2D eigenvalue weighted by Gasteiger charge is -2.06. The van der Waals surface area contributed by atoms with E-state index in [2.05, 4.69) is 21.9 Å². The van der Waals surface area contributed by atoms with Gasteiger partial charge in [0.15, 0.2) is 11.5 Å². The first-order valence-corrected chi connectivity index (χ1v) is 7.95. The van der Waals surface area contributed by atoms with Crippen LogP contribution in [0.5, 0.6) is 6.01 Å². The van der Waals surface area contributed by atoms with Crippen LogP contribution in [0, 0.1) is 11.3 Å². The molecule has 0 radical (unpaired) electrons. The second-order valence-electron chi connectivity index (χ2n) is 5.51. The van der Waals surface area contributed by atoms with Crippen LogP contribution in [-0.2, 0) is 13.0 Å². The van der Waals surface area contributed by atoms with E-state index in [1.807, 2.05) is 6.07 Å². The lowest BCUT2D eigenvalue weighted by atomic mass is 10.3. The van der Waals surface area contributed by atoms with Crippen LogP contribution >= 0.6 is 0 Å². The van der Waals surface area contributed by atoms with Gasteiger partial charge in [-0.2, -0.15) is 15.2 Å². The van der Waals surface area contributed by atoms with Crippen LogP contribution in [0.2, 0.25) is 0 Å². The van der Waals surface area contributed by atoms with Gasteiger partial charge in [0.2, 0.25) is 0 Å². The van der Waals surface area contributed by atoms with Gasteiger partial charge >= 0.3 is 11.7 Å². The summed E-state index contributed by atoms with van der Waals surface area (Å²) in [6, 6.07) is 5.58. The molecule has 0 unspecified atom stereocenters. The summed E-state index contributed by atoms with van der Waals surface area (Å²) in [7, 11) is 0. The van der Waals surface area contributed by atoms with E-state index in [9.17, 15) is 4.79 Å². The number of nitriles is 1. The smallest absolute Gasteiger partial charge is 0.328 e. The minimum atomic E-state index is -0.375. The molecule has 3 N–H and O–H groups in total. The van der Waals surface area contributed by atoms with E-state index in [1.165, 1.54) is 4.57 Å². The molecule has 9 heteroatoms. The van der Waals surface area contributed by atoms with Crippen LogP contribution in [0.15, 0.2) is 21.3 Å². The number of imidazole rings is 1. The largest absolute Gasteiger partial charge is 0.463 e. The number of H-pyrrole nitrogens is 1. The summed E-state index contributed by atoms with van der Waals surface area (Å²) in [5, 5.41) is 8.71. The normalized spacial score (nSPS) is 10.9. The molecule has 0 saturated carbocycles. The van der Waals surface area contributed by atoms with E-state index >= 15 is 0 Å². The molecule has 130 valence electrons. The Morgan fingerprint density at radius 3 is 2.96 bits per heavy atom. The van der Waals surface area contributed by atoms with Crippen molar-refractivity contribution in [3.63, 3.8) is 0 Å². The van der Waals surface area contributed by atoms with Crippen LogP contribution in [-0.4, -0.2) is 26.1 Å². The SMILES string of the molecule is CCCCOc1nc(N)c2[nH]c(=O)n(Cc3ccc(CC#N)o3)c2n1. The fourth-order valence-electron chi connectivity index (χ4n) is 2.39. The number of furan rings is 1. The monoisotopic (exact) mass is 342 g/mol. The van der Waals surface area contributed by atoms with Gasteiger partial charge in [-0.1, -0.05) is 13.3 Å². The third-order valence-corrected chi connectivity index (χ3v) is 3.64. The first-order valence-electron chi connectivity index (χ1n) is 7.95. The number of nitrogens with two attached hydrogens (primary N) is 1. The predicted octanol–water partition coefficient (Wildman–Crippen LogP) is 1.59. The Morgan fingerprint density at radius 2 is 2.20 bits per heavy atom. The third-order valence-electron chi connectivity index (χ3n) is 3.64. The van der Waals surface area contributed by atoms with E-state index in [-0.39, 0.29) is 30.5 Å². The maximum atomic E-state index is 12.2. The van der Waals surface area contributed by atoms with Gasteiger partial charge in [0, 0.05) is 0 Å². The third kappa shape index (κ3) is 3.47. The van der Waals surface area contributed by atoms with Gasteiger partial charge in [0.05, 0.1) is 25.6 Å². The zero-order chi connectivity index (χ0) is 17.8. The van der Waals surface area contributed by atoms with Crippen molar-refractivity contribution >= 4 is 17.0 Å². The molecule has 0 aliphatic carbocycles. The molecular weight excluding hydrogens is 324 g/mol. The van der Waals surface area contributed by atoms with Gasteiger partial charge in [-0.3, -0.25) is 4.57 Å². The second kappa shape index (κ2) is 7.09. The zero-order valence-electron chi connectivity index (χ0n) is 13.8. The van der Waals surface area contributed by atoms with Crippen molar-refractivity contribution in [2.45, 2.75) is 32.7 Å². The average molecular weight is 342 g/mol. The van der Waals surface area contributed by atoms with Gasteiger partial charge < -0.3 is 19.9 Å². The summed E-state index contributed by atoms with van der Waals surface area (Å²) < 4.78 is 12.4. The van der Waals surface area contributed by atoms with E-state index < -0.39 is 0 Å². The fourth-order valence-corrected chi connectivity index (χ4v) is 2.39. The van der Waals surface area contributed by atoms with Gasteiger partial charge in [-0.05, 0) is 18.6 Å². The van der Waals surface area contributed by atoms with Crippen LogP contribution < -0.4 is 16.2 Å². The molecule has 25 heavy (non-hydrogen) atoms. The molecule has 3 rings (SSSR count). The molecule has 0 aromatic carbocycles. The summed E-state index contributed by atoms with van der Waals surface area (Å²) in [6.07, 6.45) is 2.03. The Bertz CT molecular complexity index is 978. The molecule has 3 heterocycles. The number of aromatic amines is 1. The van der Waals surface area contributed by atoms with Crippen molar-refractivity contribution in [2.75, 3.05) is 12.3 Å². The molecular formula is C16H18N6O3. The molecule has 3 aromatic rings. The number of aromatic nitrogens is 4. The van der Waals surface area contributed by atoms with Crippen LogP contribution in [0.3, 0.4) is 0 Å². The van der Waals surface area contributed by atoms with Gasteiger partial charge in [0.1, 0.15) is 17.0 Å². The van der Waals surface area contributed by atoms with Crippen molar-refractivity contribution in [3.8, 4) is 12.1 Å². The number of nitrogen functional groups attached to an aromatic ring is 1. The van der Waals surface area contributed by atoms with Crippen molar-refractivity contribution in [3.05, 3.63) is 34.1 Å². The first kappa shape index (κ1) is 16.6. The number of nitrogens with one attached hydrogen (secondary N) is 1. The topological polar surface area (TPSA) is 136 Å². The highest BCUT2D eigenvalue weighted by atomic mass is 16.5. The van der Waals surface area contributed by atoms with E-state index in [4.69, 9.17) is 20.1 Å². The molecule has 0 bridgehead atoms. The zero-order valence-corrected chi connectivity index (χ0v) is 13.8. The minimum absolute atomic E-state index is 0.135. The lowest BCUT2D eigenvalue weighted by Crippen LogP contribution is -2.17. The standard InChI is InChI=1S/C16H18N6O3/c1-2-3-8-24-15-20-13(18)12-14(21-15)22(16(23)19-12)9-11-5-4-10(25-11)6-7-17/h4-5H,2-3,6,8-9H2,1H3,(H,19,23)(H2,18,20,21). The molecule has 3 aromatic heterocycles. The van der Waals surface area contributed by atoms with Crippen molar-refractivity contribution < 1.29 is 9.15 Å². The van der Waals surface area contributed by atoms with Crippen LogP contribution in [0.1, 0.15) is 31.3 Å². The first-order chi connectivity index (χ1) is 12.1. The average Bonchev–Trinajstić information content (AvgIpc) is 3.15. The molecule has 9 nitrogen and oxygen atoms in total. The number of hydrogen-bond acceptors (Lipinski definition) is 7. The number of hydrogen-bond donors (Lipinski definition) is 2.